The number of carbonyl (C=O) groups excluding carboxylic acids is 1. The van der Waals surface area contributed by atoms with Gasteiger partial charge in [-0.25, -0.2) is 0 Å². The highest BCUT2D eigenvalue weighted by Crippen LogP contribution is 2.75. The van der Waals surface area contributed by atoms with Gasteiger partial charge in [0.2, 0.25) is 0 Å². The lowest BCUT2D eigenvalue weighted by atomic mass is 9.35. The van der Waals surface area contributed by atoms with E-state index < -0.39 is 17.3 Å². The maximum Gasteiger partial charge on any atom is 0.321 e. The monoisotopic (exact) mass is 554 g/mol. The van der Waals surface area contributed by atoms with E-state index >= 15 is 0 Å². The summed E-state index contributed by atoms with van der Waals surface area (Å²) in [6, 6.07) is 0. The molecule has 4 aliphatic carbocycles. The van der Waals surface area contributed by atoms with Crippen molar-refractivity contribution >= 4 is 17.6 Å². The highest BCUT2D eigenvalue weighted by molar-refractivity contribution is 6.26. The Morgan fingerprint density at radius 3 is 2.16 bits per heavy atom. The third-order valence-electron chi connectivity index (χ3n) is 13.0. The first-order chi connectivity index (χ1) is 17.3. The summed E-state index contributed by atoms with van der Waals surface area (Å²) in [5.74, 6) is 0.496. The van der Waals surface area contributed by atoms with Gasteiger partial charge in [0.15, 0.2) is 0 Å². The van der Waals surface area contributed by atoms with Crippen LogP contribution in [0.5, 0.6) is 0 Å². The van der Waals surface area contributed by atoms with Gasteiger partial charge in [-0.15, -0.1) is 11.6 Å². The average Bonchev–Trinajstić information content (AvgIpc) is 3.17. The predicted octanol–water partition coefficient (Wildman–Crippen LogP) is 6.49. The van der Waals surface area contributed by atoms with Crippen molar-refractivity contribution in [2.75, 3.05) is 5.88 Å². The van der Waals surface area contributed by atoms with Gasteiger partial charge in [-0.1, -0.05) is 34.6 Å². The Labute approximate surface area is 236 Å². The lowest BCUT2D eigenvalue weighted by Gasteiger charge is -2.70. The molecule has 0 bridgehead atoms. The third-order valence-corrected chi connectivity index (χ3v) is 13.2. The van der Waals surface area contributed by atoms with Crippen molar-refractivity contribution in [3.63, 3.8) is 0 Å². The van der Waals surface area contributed by atoms with Crippen molar-refractivity contribution < 1.29 is 24.9 Å². The summed E-state index contributed by atoms with van der Waals surface area (Å²) in [4.78, 5) is 12.1. The van der Waals surface area contributed by atoms with Gasteiger partial charge in [0, 0.05) is 5.41 Å². The maximum absolute atomic E-state index is 12.1. The molecule has 0 heterocycles. The largest absolute Gasteiger partial charge is 0.461 e. The minimum Gasteiger partial charge on any atom is -0.461 e. The Hall–Kier alpha value is -0.360. The van der Waals surface area contributed by atoms with Gasteiger partial charge in [0.05, 0.1) is 17.3 Å². The van der Waals surface area contributed by atoms with Crippen LogP contribution in [0.2, 0.25) is 0 Å². The number of hydrogen-bond donors (Lipinski definition) is 3. The van der Waals surface area contributed by atoms with Crippen molar-refractivity contribution in [2.24, 2.45) is 45.3 Å². The van der Waals surface area contributed by atoms with E-state index in [1.54, 1.807) is 0 Å². The molecule has 0 amide bonds. The molecule has 0 aromatic carbocycles. The molecule has 4 rings (SSSR count). The first-order valence-corrected chi connectivity index (χ1v) is 15.8. The number of alkyl halides is 1. The Bertz CT molecular complexity index is 895. The van der Waals surface area contributed by atoms with Crippen molar-refractivity contribution in [1.82, 2.24) is 0 Å². The predicted molar refractivity (Wildman–Crippen MR) is 152 cm³/mol. The Morgan fingerprint density at radius 2 is 1.55 bits per heavy atom. The molecule has 220 valence electrons. The zero-order chi connectivity index (χ0) is 28.5. The summed E-state index contributed by atoms with van der Waals surface area (Å²) < 4.78 is 5.86. The number of aliphatic hydroxyl groups excluding tert-OH is 1. The summed E-state index contributed by atoms with van der Waals surface area (Å²) in [5.41, 5.74) is -1.64. The number of ether oxygens (including phenoxy) is 1. The molecule has 4 saturated carbocycles. The molecule has 3 N–H and O–H groups in total. The van der Waals surface area contributed by atoms with Crippen molar-refractivity contribution in [3.8, 4) is 0 Å². The van der Waals surface area contributed by atoms with Crippen molar-refractivity contribution in [1.29, 1.82) is 0 Å². The third kappa shape index (κ3) is 4.77. The molecular weight excluding hydrogens is 500 g/mol. The van der Waals surface area contributed by atoms with Crippen LogP contribution in [0.25, 0.3) is 0 Å². The van der Waals surface area contributed by atoms with E-state index in [2.05, 4.69) is 34.6 Å². The molecule has 0 aliphatic heterocycles. The van der Waals surface area contributed by atoms with Gasteiger partial charge < -0.3 is 20.1 Å². The van der Waals surface area contributed by atoms with Crippen LogP contribution in [0, 0.1) is 45.3 Å². The summed E-state index contributed by atoms with van der Waals surface area (Å²) >= 11 is 5.78. The van der Waals surface area contributed by atoms with Gasteiger partial charge in [0.25, 0.3) is 0 Å². The van der Waals surface area contributed by atoms with Gasteiger partial charge in [0.1, 0.15) is 12.0 Å². The molecule has 0 aromatic heterocycles. The van der Waals surface area contributed by atoms with Gasteiger partial charge >= 0.3 is 5.97 Å². The minimum absolute atomic E-state index is 0.0414. The standard InChI is InChI=1S/C32H55ClO5/c1-27(2,36)13-9-14-32(8,37)20-10-16-31(7)26(20)21(34)18-23-29(5)15-12-24(38-25(35)19-33)28(3,4)22(29)11-17-30(23,31)6/h20-24,26,34,36-37H,9-19H2,1-8H3/t20-,21+,22-,23+,24-,26-,29-,30+,31+,32+/m0/s1. The van der Waals surface area contributed by atoms with E-state index in [1.807, 2.05) is 20.8 Å². The van der Waals surface area contributed by atoms with E-state index in [-0.39, 0.29) is 51.4 Å². The molecule has 0 unspecified atom stereocenters. The summed E-state index contributed by atoms with van der Waals surface area (Å²) in [6.07, 6.45) is 8.32. The molecule has 6 heteroatoms. The minimum atomic E-state index is -0.856. The number of rotatable bonds is 7. The van der Waals surface area contributed by atoms with E-state index in [4.69, 9.17) is 16.3 Å². The molecule has 0 spiro atoms. The van der Waals surface area contributed by atoms with Gasteiger partial charge in [-0.2, -0.15) is 0 Å². The van der Waals surface area contributed by atoms with Crippen molar-refractivity contribution in [2.45, 2.75) is 143 Å². The maximum atomic E-state index is 12.1. The quantitative estimate of drug-likeness (QED) is 0.247. The highest BCUT2D eigenvalue weighted by atomic mass is 35.5. The molecule has 4 fully saturated rings. The van der Waals surface area contributed by atoms with Crippen LogP contribution in [0.15, 0.2) is 0 Å². The fourth-order valence-electron chi connectivity index (χ4n) is 10.9. The number of fused-ring (bicyclic) bond motifs is 5. The number of esters is 1. The van der Waals surface area contributed by atoms with Gasteiger partial charge in [-0.3, -0.25) is 4.79 Å². The van der Waals surface area contributed by atoms with Crippen LogP contribution in [-0.4, -0.2) is 50.6 Å². The molecule has 0 radical (unpaired) electrons. The second kappa shape index (κ2) is 9.88. The zero-order valence-corrected chi connectivity index (χ0v) is 26.0. The first kappa shape index (κ1) is 30.6. The summed E-state index contributed by atoms with van der Waals surface area (Å²) in [6.45, 7) is 17.5. The Balaban J connectivity index is 1.60. The lowest BCUT2D eigenvalue weighted by molar-refractivity contribution is -0.249. The van der Waals surface area contributed by atoms with E-state index in [9.17, 15) is 20.1 Å². The summed E-state index contributed by atoms with van der Waals surface area (Å²) in [5, 5.41) is 33.8. The number of halogens is 1. The number of hydrogen-bond acceptors (Lipinski definition) is 5. The van der Waals surface area contributed by atoms with Crippen molar-refractivity contribution in [3.05, 3.63) is 0 Å². The van der Waals surface area contributed by atoms with E-state index in [1.165, 1.54) is 0 Å². The highest BCUT2D eigenvalue weighted by Gasteiger charge is 2.71. The summed E-state index contributed by atoms with van der Waals surface area (Å²) in [7, 11) is 0. The lowest BCUT2D eigenvalue weighted by Crippen LogP contribution is -2.66. The molecular formula is C32H55ClO5. The Kier molecular flexibility index (Phi) is 7.95. The fourth-order valence-corrected chi connectivity index (χ4v) is 11.0. The van der Waals surface area contributed by atoms with E-state index in [0.29, 0.717) is 24.7 Å². The molecule has 38 heavy (non-hydrogen) atoms. The average molecular weight is 555 g/mol. The van der Waals surface area contributed by atoms with E-state index in [0.717, 1.165) is 51.4 Å². The molecule has 5 nitrogen and oxygen atoms in total. The smallest absolute Gasteiger partial charge is 0.321 e. The Morgan fingerprint density at radius 1 is 0.921 bits per heavy atom. The van der Waals surface area contributed by atoms with Crippen LogP contribution in [0.4, 0.5) is 0 Å². The van der Waals surface area contributed by atoms with Crippen LogP contribution >= 0.6 is 11.6 Å². The van der Waals surface area contributed by atoms with Crippen LogP contribution < -0.4 is 0 Å². The fraction of sp³-hybridized carbons (Fsp3) is 0.969. The second-order valence-corrected chi connectivity index (χ2v) is 16.2. The topological polar surface area (TPSA) is 87.0 Å². The second-order valence-electron chi connectivity index (χ2n) is 16.0. The SMILES string of the molecule is CC(C)(O)CCC[C@@](C)(O)[C@H]1CC[C@]2(C)[C@@H]1[C@H](O)C[C@@H]1[C@@]3(C)CC[C@H](OC(=O)CCl)C(C)(C)[C@@H]3CC[C@]12C. The van der Waals surface area contributed by atoms with Crippen LogP contribution in [0.1, 0.15) is 120 Å². The molecule has 0 aromatic rings. The normalized spacial score (nSPS) is 45.9. The first-order valence-electron chi connectivity index (χ1n) is 15.2. The molecule has 10 atom stereocenters. The zero-order valence-electron chi connectivity index (χ0n) is 25.3. The van der Waals surface area contributed by atoms with Crippen LogP contribution in [0.3, 0.4) is 0 Å². The molecule has 0 saturated heterocycles. The van der Waals surface area contributed by atoms with Crippen LogP contribution in [-0.2, 0) is 9.53 Å². The number of aliphatic hydroxyl groups is 3. The van der Waals surface area contributed by atoms with Gasteiger partial charge in [-0.05, 0) is 125 Å². The number of carbonyl (C=O) groups is 1. The molecule has 4 aliphatic rings.